The van der Waals surface area contributed by atoms with Crippen molar-refractivity contribution in [2.75, 3.05) is 0 Å². The van der Waals surface area contributed by atoms with Gasteiger partial charge in [0.05, 0.1) is 0 Å². The van der Waals surface area contributed by atoms with Gasteiger partial charge in [-0.2, -0.15) is 21.5 Å². The van der Waals surface area contributed by atoms with E-state index < -0.39 is 0 Å². The van der Waals surface area contributed by atoms with E-state index in [1.807, 2.05) is 0 Å². The van der Waals surface area contributed by atoms with E-state index in [0.29, 0.717) is 11.5 Å². The van der Waals surface area contributed by atoms with Crippen LogP contribution < -0.4 is 0 Å². The van der Waals surface area contributed by atoms with Crippen LogP contribution in [0.4, 0.5) is 0 Å². The third-order valence-corrected chi connectivity index (χ3v) is 8.14. The predicted octanol–water partition coefficient (Wildman–Crippen LogP) is 3.44. The summed E-state index contributed by atoms with van der Waals surface area (Å²) in [4.78, 5) is 0. The van der Waals surface area contributed by atoms with Crippen LogP contribution in [0.25, 0.3) is 0 Å². The minimum atomic E-state index is 0. The number of hydrogen-bond donors (Lipinski definition) is 2. The van der Waals surface area contributed by atoms with E-state index in [0.717, 1.165) is 43.7 Å². The van der Waals surface area contributed by atoms with Gasteiger partial charge in [-0.05, 0) is 20.5 Å². The number of rotatable bonds is 2. The van der Waals surface area contributed by atoms with Crippen LogP contribution in [0.3, 0.4) is 0 Å². The van der Waals surface area contributed by atoms with Gasteiger partial charge in [-0.1, -0.05) is 76.7 Å². The van der Waals surface area contributed by atoms with E-state index in [2.05, 4.69) is 53.7 Å². The number of halogens is 2. The van der Waals surface area contributed by atoms with Crippen LogP contribution in [0, 0.1) is 23.0 Å². The molecule has 2 nitrogen and oxygen atoms in total. The van der Waals surface area contributed by atoms with Crippen LogP contribution in [-0.4, -0.2) is 30.7 Å². The van der Waals surface area contributed by atoms with Gasteiger partial charge in [0.15, 0.2) is 0 Å². The first-order valence-electron chi connectivity index (χ1n) is 8.07. The topological polar surface area (TPSA) is 40.5 Å². The maximum absolute atomic E-state index is 9.42. The number of aliphatic hydroxyl groups excluding tert-OH is 2. The molecule has 2 aliphatic carbocycles. The molecule has 0 aliphatic heterocycles. The molecule has 2 rings (SSSR count). The first-order valence-corrected chi connectivity index (χ1v) is 10.1. The van der Waals surface area contributed by atoms with Crippen molar-refractivity contribution in [3.05, 3.63) is 45.2 Å². The van der Waals surface area contributed by atoms with Crippen molar-refractivity contribution < 1.29 is 36.4 Å². The maximum Gasteiger partial charge on any atom is 2.00 e. The smallest absolute Gasteiger partial charge is 0.546 e. The molecule has 0 fully saturated rings. The maximum atomic E-state index is 9.42. The molecule has 0 bridgehead atoms. The Morgan fingerprint density at radius 2 is 1.04 bits per heavy atom. The summed E-state index contributed by atoms with van der Waals surface area (Å²) in [5, 5.41) is 21.1. The van der Waals surface area contributed by atoms with Gasteiger partial charge >= 0.3 is 26.2 Å². The molecule has 0 saturated carbocycles. The summed E-state index contributed by atoms with van der Waals surface area (Å²) in [7, 11) is 1.85. The van der Waals surface area contributed by atoms with E-state index in [4.69, 9.17) is 0 Å². The first-order chi connectivity index (χ1) is 10.0. The fourth-order valence-corrected chi connectivity index (χ4v) is 4.14. The summed E-state index contributed by atoms with van der Waals surface area (Å²) < 4.78 is 0. The summed E-state index contributed by atoms with van der Waals surface area (Å²) in [6.45, 7) is 12.7. The van der Waals surface area contributed by atoms with Crippen LogP contribution in [0.15, 0.2) is 33.1 Å². The van der Waals surface area contributed by atoms with Crippen LogP contribution >= 0.6 is 24.8 Å². The fourth-order valence-electron chi connectivity index (χ4n) is 2.79. The van der Waals surface area contributed by atoms with Gasteiger partial charge in [-0.15, -0.1) is 24.8 Å². The SMILES string of the molecule is CCC1(C)[C-]=C(O)C([SiH3])=C1C.CCC1(C)[C-]=C(O)C([SiH3])=C1C.Cl.Cl.[Zr+2]. The summed E-state index contributed by atoms with van der Waals surface area (Å²) in [5.74, 6) is 0.803. The Hall–Kier alpha value is 0.457. The van der Waals surface area contributed by atoms with Crippen molar-refractivity contribution in [3.8, 4) is 0 Å². The van der Waals surface area contributed by atoms with Crippen LogP contribution in [0.5, 0.6) is 0 Å². The molecule has 2 aliphatic rings. The minimum Gasteiger partial charge on any atom is -0.546 e. The van der Waals surface area contributed by atoms with Gasteiger partial charge in [0.25, 0.3) is 0 Å². The molecule has 142 valence electrons. The molecular formula is C18H32Cl2O2Si2Zr. The second kappa shape index (κ2) is 11.3. The molecule has 2 atom stereocenters. The molecule has 7 heteroatoms. The zero-order valence-corrected chi connectivity index (χ0v) is 24.7. The van der Waals surface area contributed by atoms with Crippen molar-refractivity contribution in [2.45, 2.75) is 54.4 Å². The average molecular weight is 499 g/mol. The second-order valence-electron chi connectivity index (χ2n) is 6.82. The Morgan fingerprint density at radius 1 is 0.800 bits per heavy atom. The van der Waals surface area contributed by atoms with Gasteiger partial charge in [-0.25, -0.2) is 12.2 Å². The molecule has 0 spiro atoms. The van der Waals surface area contributed by atoms with Crippen LogP contribution in [-0.2, 0) is 26.2 Å². The molecule has 0 amide bonds. The van der Waals surface area contributed by atoms with Gasteiger partial charge in [-0.3, -0.25) is 0 Å². The van der Waals surface area contributed by atoms with Crippen molar-refractivity contribution in [3.63, 3.8) is 0 Å². The van der Waals surface area contributed by atoms with Crippen LogP contribution in [0.1, 0.15) is 54.4 Å². The first kappa shape index (κ1) is 30.2. The third kappa shape index (κ3) is 6.24. The zero-order valence-electron chi connectivity index (χ0n) is 16.6. The minimum absolute atomic E-state index is 0. The van der Waals surface area contributed by atoms with E-state index in [1.54, 1.807) is 0 Å². The van der Waals surface area contributed by atoms with Gasteiger partial charge in [0.2, 0.25) is 0 Å². The third-order valence-electron chi connectivity index (χ3n) is 5.69. The molecule has 0 saturated heterocycles. The molecule has 0 aromatic rings. The zero-order chi connectivity index (χ0) is 17.3. The summed E-state index contributed by atoms with van der Waals surface area (Å²) in [5.41, 5.74) is 2.65. The molecule has 25 heavy (non-hydrogen) atoms. The monoisotopic (exact) mass is 496 g/mol. The van der Waals surface area contributed by atoms with Gasteiger partial charge in [0.1, 0.15) is 0 Å². The molecule has 0 radical (unpaired) electrons. The Balaban J connectivity index is -0.000000346. The molecule has 0 aromatic carbocycles. The largest absolute Gasteiger partial charge is 2.00 e. The normalized spacial score (nSPS) is 27.6. The molecular weight excluding hydrogens is 466 g/mol. The number of hydrogen-bond acceptors (Lipinski definition) is 2. The quantitative estimate of drug-likeness (QED) is 0.452. The fraction of sp³-hybridized carbons (Fsp3) is 0.556. The Morgan fingerprint density at radius 3 is 1.12 bits per heavy atom. The van der Waals surface area contributed by atoms with E-state index in [1.165, 1.54) is 11.1 Å². The van der Waals surface area contributed by atoms with Crippen molar-refractivity contribution in [1.82, 2.24) is 0 Å². The number of aliphatic hydroxyl groups is 2. The Kier molecular flexibility index (Phi) is 13.7. The summed E-state index contributed by atoms with van der Waals surface area (Å²) in [6, 6.07) is 0. The van der Waals surface area contributed by atoms with Gasteiger partial charge in [0, 0.05) is 0 Å². The van der Waals surface area contributed by atoms with Crippen LogP contribution in [0.2, 0.25) is 0 Å². The average Bonchev–Trinajstić information content (AvgIpc) is 2.81. The van der Waals surface area contributed by atoms with Crippen molar-refractivity contribution in [1.29, 1.82) is 0 Å². The van der Waals surface area contributed by atoms with E-state index >= 15 is 0 Å². The standard InChI is InChI=1S/2C9H15OSi.2ClH.Zr/c2*1-4-9(3)5-7(10)8(11)6(9)2;;;/h2*10H,4H2,1-3,11H3;2*1H;/q2*-1;;;+2. The Bertz CT molecular complexity index is 548. The molecule has 2 unspecified atom stereocenters. The molecule has 0 heterocycles. The predicted molar refractivity (Wildman–Crippen MR) is 115 cm³/mol. The van der Waals surface area contributed by atoms with Crippen molar-refractivity contribution >= 4 is 45.3 Å². The molecule has 0 aromatic heterocycles. The summed E-state index contributed by atoms with van der Waals surface area (Å²) >= 11 is 0. The van der Waals surface area contributed by atoms with Crippen molar-refractivity contribution in [2.24, 2.45) is 10.8 Å². The molecule has 2 N–H and O–H groups in total. The second-order valence-corrected chi connectivity index (χ2v) is 8.82. The number of allylic oxidation sites excluding steroid dienone is 6. The van der Waals surface area contributed by atoms with E-state index in [-0.39, 0.29) is 61.8 Å². The van der Waals surface area contributed by atoms with Gasteiger partial charge < -0.3 is 10.2 Å². The summed E-state index contributed by atoms with van der Waals surface area (Å²) in [6.07, 6.45) is 8.27. The van der Waals surface area contributed by atoms with E-state index in [9.17, 15) is 10.2 Å². The Labute approximate surface area is 191 Å².